The highest BCUT2D eigenvalue weighted by molar-refractivity contribution is 6.09. The lowest BCUT2D eigenvalue weighted by Gasteiger charge is -2.12. The van der Waals surface area contributed by atoms with Crippen LogP contribution in [0.3, 0.4) is 0 Å². The molecule has 23 heavy (non-hydrogen) atoms. The van der Waals surface area contributed by atoms with E-state index in [2.05, 4.69) is 0 Å². The number of ether oxygens (including phenoxy) is 1. The van der Waals surface area contributed by atoms with Crippen molar-refractivity contribution in [3.05, 3.63) is 63.2 Å². The predicted octanol–water partition coefficient (Wildman–Crippen LogP) is 3.63. The number of benzene rings is 2. The molecular weight excluding hydrogens is 298 g/mol. The lowest BCUT2D eigenvalue weighted by Crippen LogP contribution is -2.09. The molecule has 0 heterocycles. The van der Waals surface area contributed by atoms with E-state index in [1.165, 1.54) is 6.07 Å². The lowest BCUT2D eigenvalue weighted by molar-refractivity contribution is -0.386. The summed E-state index contributed by atoms with van der Waals surface area (Å²) in [6.07, 6.45) is -0.349. The zero-order valence-electron chi connectivity index (χ0n) is 13.1. The van der Waals surface area contributed by atoms with Crippen molar-refractivity contribution in [1.82, 2.24) is 0 Å². The van der Waals surface area contributed by atoms with Gasteiger partial charge in [-0.15, -0.1) is 0 Å². The van der Waals surface area contributed by atoms with Crippen LogP contribution in [-0.2, 0) is 0 Å². The highest BCUT2D eigenvalue weighted by atomic mass is 16.6. The highest BCUT2D eigenvalue weighted by Gasteiger charge is 2.24. The van der Waals surface area contributed by atoms with E-state index in [4.69, 9.17) is 4.74 Å². The Balaban J connectivity index is 2.50. The second kappa shape index (κ2) is 6.48. The van der Waals surface area contributed by atoms with E-state index in [-0.39, 0.29) is 17.4 Å². The summed E-state index contributed by atoms with van der Waals surface area (Å²) < 4.78 is 5.29. The molecule has 0 aliphatic carbocycles. The first-order valence-electron chi connectivity index (χ1n) is 7.09. The van der Waals surface area contributed by atoms with E-state index in [9.17, 15) is 20.0 Å². The molecule has 0 amide bonds. The minimum atomic E-state index is -0.677. The van der Waals surface area contributed by atoms with Crippen LogP contribution in [0.4, 0.5) is 5.69 Å². The molecular formula is C17H17NO5. The summed E-state index contributed by atoms with van der Waals surface area (Å²) in [6, 6.07) is 9.14. The molecule has 2 rings (SSSR count). The average molecular weight is 315 g/mol. The van der Waals surface area contributed by atoms with Crippen molar-refractivity contribution in [2.24, 2.45) is 0 Å². The van der Waals surface area contributed by atoms with Crippen LogP contribution in [-0.4, -0.2) is 21.9 Å². The van der Waals surface area contributed by atoms with Gasteiger partial charge in [-0.3, -0.25) is 14.9 Å². The molecule has 0 aliphatic rings. The second-order valence-corrected chi connectivity index (χ2v) is 5.46. The fraction of sp³-hybridized carbons (Fsp3) is 0.235. The van der Waals surface area contributed by atoms with Gasteiger partial charge < -0.3 is 9.84 Å². The fourth-order valence-corrected chi connectivity index (χ4v) is 2.09. The number of nitro benzene ring substituents is 1. The molecule has 2 aromatic rings. The Morgan fingerprint density at radius 1 is 1.17 bits per heavy atom. The minimum Gasteiger partial charge on any atom is -0.504 e. The third-order valence-corrected chi connectivity index (χ3v) is 3.18. The van der Waals surface area contributed by atoms with Gasteiger partial charge in [-0.1, -0.05) is 29.8 Å². The second-order valence-electron chi connectivity index (χ2n) is 5.46. The maximum Gasteiger partial charge on any atom is 0.315 e. The van der Waals surface area contributed by atoms with Crippen LogP contribution in [0.15, 0.2) is 36.4 Å². The van der Waals surface area contributed by atoms with Crippen molar-refractivity contribution in [2.75, 3.05) is 0 Å². The number of nitrogens with zero attached hydrogens (tertiary/aromatic N) is 1. The van der Waals surface area contributed by atoms with Crippen molar-refractivity contribution in [2.45, 2.75) is 26.9 Å². The largest absolute Gasteiger partial charge is 0.504 e. The van der Waals surface area contributed by atoms with E-state index >= 15 is 0 Å². The molecule has 1 N–H and O–H groups in total. The number of rotatable bonds is 5. The van der Waals surface area contributed by atoms with Crippen molar-refractivity contribution in [1.29, 1.82) is 0 Å². The van der Waals surface area contributed by atoms with Gasteiger partial charge in [0.25, 0.3) is 0 Å². The van der Waals surface area contributed by atoms with Crippen molar-refractivity contribution >= 4 is 11.5 Å². The maximum absolute atomic E-state index is 12.4. The normalized spacial score (nSPS) is 10.6. The number of phenols is 1. The summed E-state index contributed by atoms with van der Waals surface area (Å²) in [5, 5.41) is 21.2. The zero-order valence-corrected chi connectivity index (χ0v) is 13.1. The monoisotopic (exact) mass is 315 g/mol. The Morgan fingerprint density at radius 2 is 1.78 bits per heavy atom. The molecule has 0 spiro atoms. The summed E-state index contributed by atoms with van der Waals surface area (Å²) in [6.45, 7) is 5.27. The van der Waals surface area contributed by atoms with Gasteiger partial charge in [0.2, 0.25) is 5.75 Å². The van der Waals surface area contributed by atoms with Gasteiger partial charge in [0.05, 0.1) is 11.0 Å². The van der Waals surface area contributed by atoms with Gasteiger partial charge in [-0.2, -0.15) is 0 Å². The lowest BCUT2D eigenvalue weighted by atomic mass is 10.0. The predicted molar refractivity (Wildman–Crippen MR) is 85.1 cm³/mol. The van der Waals surface area contributed by atoms with Crippen LogP contribution in [0.1, 0.15) is 35.3 Å². The van der Waals surface area contributed by atoms with Crippen LogP contribution in [0.5, 0.6) is 11.5 Å². The third-order valence-electron chi connectivity index (χ3n) is 3.18. The van der Waals surface area contributed by atoms with Crippen LogP contribution in [0.2, 0.25) is 0 Å². The topological polar surface area (TPSA) is 89.7 Å². The van der Waals surface area contributed by atoms with Crippen LogP contribution >= 0.6 is 0 Å². The first-order chi connectivity index (χ1) is 10.8. The number of hydrogen-bond donors (Lipinski definition) is 1. The van der Waals surface area contributed by atoms with Gasteiger partial charge in [-0.25, -0.2) is 0 Å². The molecule has 2 aromatic carbocycles. The Labute approximate surface area is 133 Å². The number of aromatic hydroxyl groups is 1. The Hall–Kier alpha value is -2.89. The number of carbonyl (C=O) groups is 1. The number of nitro groups is 1. The number of ketones is 1. The molecule has 0 bridgehead atoms. The summed E-state index contributed by atoms with van der Waals surface area (Å²) in [4.78, 5) is 23.0. The molecule has 6 heteroatoms. The number of phenolic OH excluding ortho intramolecular Hbond substituents is 1. The van der Waals surface area contributed by atoms with E-state index < -0.39 is 22.1 Å². The summed E-state index contributed by atoms with van der Waals surface area (Å²) in [5.41, 5.74) is 0.987. The molecule has 0 saturated carbocycles. The average Bonchev–Trinajstić information content (AvgIpc) is 2.48. The van der Waals surface area contributed by atoms with E-state index in [0.717, 1.165) is 11.6 Å². The molecule has 120 valence electrons. The zero-order chi connectivity index (χ0) is 17.1. The van der Waals surface area contributed by atoms with Crippen molar-refractivity contribution in [3.63, 3.8) is 0 Å². The van der Waals surface area contributed by atoms with E-state index in [1.54, 1.807) is 38.1 Å². The number of carbonyl (C=O) groups excluding carboxylic acids is 1. The number of hydrogen-bond acceptors (Lipinski definition) is 5. The highest BCUT2D eigenvalue weighted by Crippen LogP contribution is 2.38. The Kier molecular flexibility index (Phi) is 4.64. The molecule has 0 aliphatic heterocycles. The first kappa shape index (κ1) is 16.5. The molecule has 0 unspecified atom stereocenters. The van der Waals surface area contributed by atoms with Gasteiger partial charge in [-0.05, 0) is 26.8 Å². The summed E-state index contributed by atoms with van der Waals surface area (Å²) in [5.74, 6) is -1.06. The molecule has 0 atom stereocenters. The van der Waals surface area contributed by atoms with Crippen LogP contribution in [0.25, 0.3) is 0 Å². The maximum atomic E-state index is 12.4. The molecule has 0 radical (unpaired) electrons. The number of aryl methyl sites for hydroxylation is 1. The quantitative estimate of drug-likeness (QED) is 0.517. The molecule has 0 saturated heterocycles. The molecule has 6 nitrogen and oxygen atoms in total. The third kappa shape index (κ3) is 3.66. The van der Waals surface area contributed by atoms with Crippen LogP contribution in [0, 0.1) is 17.0 Å². The Morgan fingerprint density at radius 3 is 2.30 bits per heavy atom. The van der Waals surface area contributed by atoms with E-state index in [1.807, 2.05) is 6.92 Å². The molecule has 0 aromatic heterocycles. The first-order valence-corrected chi connectivity index (χ1v) is 7.09. The SMILES string of the molecule is Cc1ccc(C(=O)c2cc(O)c(OC(C)C)c([N+](=O)[O-])c2)cc1. The standard InChI is InChI=1S/C17H17NO5/c1-10(2)23-17-14(18(21)22)8-13(9-15(17)19)16(20)12-6-4-11(3)5-7-12/h4-10,19H,1-3H3. The van der Waals surface area contributed by atoms with Gasteiger partial charge in [0.1, 0.15) is 0 Å². The molecule has 0 fully saturated rings. The smallest absolute Gasteiger partial charge is 0.315 e. The van der Waals surface area contributed by atoms with Crippen molar-refractivity contribution in [3.8, 4) is 11.5 Å². The van der Waals surface area contributed by atoms with Crippen molar-refractivity contribution < 1.29 is 19.6 Å². The van der Waals surface area contributed by atoms with Crippen LogP contribution < -0.4 is 4.74 Å². The minimum absolute atomic E-state index is 0.0363. The Bertz CT molecular complexity index is 750. The summed E-state index contributed by atoms with van der Waals surface area (Å²) in [7, 11) is 0. The van der Waals surface area contributed by atoms with Gasteiger partial charge >= 0.3 is 5.69 Å². The fourth-order valence-electron chi connectivity index (χ4n) is 2.09. The summed E-state index contributed by atoms with van der Waals surface area (Å²) >= 11 is 0. The van der Waals surface area contributed by atoms with Gasteiger partial charge in [0.15, 0.2) is 11.5 Å². The van der Waals surface area contributed by atoms with E-state index in [0.29, 0.717) is 5.56 Å². The van der Waals surface area contributed by atoms with Gasteiger partial charge in [0, 0.05) is 17.2 Å².